The van der Waals surface area contributed by atoms with Gasteiger partial charge in [-0.05, 0) is 39.8 Å². The van der Waals surface area contributed by atoms with Gasteiger partial charge < -0.3 is 10.3 Å². The molecule has 4 aromatic rings. The van der Waals surface area contributed by atoms with E-state index in [1.807, 2.05) is 0 Å². The molecule has 4 rings (SSSR count). The van der Waals surface area contributed by atoms with Crippen molar-refractivity contribution in [2.24, 2.45) is 0 Å². The first-order chi connectivity index (χ1) is 15.0. The number of hydrogen-bond donors (Lipinski definition) is 2. The summed E-state index contributed by atoms with van der Waals surface area (Å²) in [5.41, 5.74) is 8.13. The van der Waals surface area contributed by atoms with Crippen LogP contribution in [0.15, 0.2) is 54.7 Å². The average molecular weight is 442 g/mol. The van der Waals surface area contributed by atoms with Crippen molar-refractivity contribution in [3.05, 3.63) is 71.9 Å². The summed E-state index contributed by atoms with van der Waals surface area (Å²) in [6, 6.07) is 12.4. The lowest BCUT2D eigenvalue weighted by atomic mass is 9.99. The number of rotatable bonds is 6. The molecule has 12 heteroatoms. The maximum Gasteiger partial charge on any atom is 0.190 e. The highest BCUT2D eigenvalue weighted by Crippen LogP contribution is 2.31. The van der Waals surface area contributed by atoms with E-state index in [0.717, 1.165) is 10.7 Å². The van der Waals surface area contributed by atoms with Crippen LogP contribution in [0.1, 0.15) is 5.56 Å². The smallest absolute Gasteiger partial charge is 0.190 e. The van der Waals surface area contributed by atoms with Crippen LogP contribution in [0.5, 0.6) is 0 Å². The zero-order valence-corrected chi connectivity index (χ0v) is 16.5. The summed E-state index contributed by atoms with van der Waals surface area (Å²) in [6.45, 7) is 0.0677. The van der Waals surface area contributed by atoms with E-state index in [9.17, 15) is 17.5 Å². The number of aromatic nitrogens is 5. The molecule has 0 amide bonds. The molecule has 2 aromatic heterocycles. The largest absolute Gasteiger partial charge is 0.760 e. The lowest BCUT2D eigenvalue weighted by Gasteiger charge is -2.13. The van der Waals surface area contributed by atoms with Crippen LogP contribution < -0.4 is 10.5 Å². The van der Waals surface area contributed by atoms with Crippen molar-refractivity contribution in [3.63, 3.8) is 0 Å². The van der Waals surface area contributed by atoms with Crippen LogP contribution in [0, 0.1) is 11.6 Å². The van der Waals surface area contributed by atoms with Crippen LogP contribution in [-0.4, -0.2) is 34.0 Å². The molecule has 0 aliphatic carbocycles. The van der Waals surface area contributed by atoms with Gasteiger partial charge in [0.05, 0.1) is 5.56 Å². The quantitative estimate of drug-likeness (QED) is 0.437. The van der Waals surface area contributed by atoms with E-state index in [4.69, 9.17) is 5.73 Å². The Morgan fingerprint density at radius 1 is 1.13 bits per heavy atom. The third kappa shape index (κ3) is 4.17. The monoisotopic (exact) mass is 442 g/mol. The topological polar surface area (TPSA) is 135 Å². The van der Waals surface area contributed by atoms with Crippen LogP contribution in [0.4, 0.5) is 14.6 Å². The van der Waals surface area contributed by atoms with E-state index < -0.39 is 22.9 Å². The van der Waals surface area contributed by atoms with Crippen LogP contribution >= 0.6 is 0 Å². The first-order valence-corrected chi connectivity index (χ1v) is 9.93. The number of benzene rings is 2. The SMILES string of the molecule is Nc1ncc(-c2ccccc2CNS(=O)[O-])cc1-c1nnnn1-c1cccc(F)c1F. The van der Waals surface area contributed by atoms with Crippen molar-refractivity contribution in [1.82, 2.24) is 29.9 Å². The molecule has 0 radical (unpaired) electrons. The van der Waals surface area contributed by atoms with Crippen LogP contribution in [0.3, 0.4) is 0 Å². The van der Waals surface area contributed by atoms with Gasteiger partial charge in [-0.2, -0.15) is 4.68 Å². The highest BCUT2D eigenvalue weighted by atomic mass is 32.2. The van der Waals surface area contributed by atoms with Crippen molar-refractivity contribution < 1.29 is 17.5 Å². The zero-order valence-electron chi connectivity index (χ0n) is 15.7. The Kier molecular flexibility index (Phi) is 5.75. The maximum atomic E-state index is 14.3. The number of tetrazole rings is 1. The predicted molar refractivity (Wildman–Crippen MR) is 108 cm³/mol. The Labute approximate surface area is 177 Å². The number of nitrogens with one attached hydrogen (secondary N) is 1. The Balaban J connectivity index is 1.81. The molecule has 0 fully saturated rings. The highest BCUT2D eigenvalue weighted by molar-refractivity contribution is 7.77. The number of hydrogen-bond acceptors (Lipinski definition) is 7. The Bertz CT molecular complexity index is 1280. The summed E-state index contributed by atoms with van der Waals surface area (Å²) in [5.74, 6) is -2.02. The standard InChI is InChI=1S/C19H15F2N7O2S/c20-15-6-3-7-16(17(15)21)28-19(25-26-27-28)14-8-12(9-23-18(14)22)13-5-2-1-4-11(13)10-24-31(29)30/h1-9,24H,10H2,(H2,22,23)(H,29,30)/p-1. The number of pyridine rings is 1. The minimum absolute atomic E-state index is 0.0626. The lowest BCUT2D eigenvalue weighted by Crippen LogP contribution is -2.16. The Hall–Kier alpha value is -3.61. The van der Waals surface area contributed by atoms with E-state index in [0.29, 0.717) is 22.3 Å². The predicted octanol–water partition coefficient (Wildman–Crippen LogP) is 2.14. The fourth-order valence-electron chi connectivity index (χ4n) is 3.07. The van der Waals surface area contributed by atoms with Gasteiger partial charge in [0.2, 0.25) is 0 Å². The van der Waals surface area contributed by atoms with Gasteiger partial charge in [-0.25, -0.2) is 18.5 Å². The molecule has 1 atom stereocenters. The first-order valence-electron chi connectivity index (χ1n) is 8.85. The minimum atomic E-state index is -2.42. The van der Waals surface area contributed by atoms with Gasteiger partial charge in [-0.1, -0.05) is 30.3 Å². The summed E-state index contributed by atoms with van der Waals surface area (Å²) in [7, 11) is 0. The summed E-state index contributed by atoms with van der Waals surface area (Å²) in [4.78, 5) is 4.18. The second kappa shape index (κ2) is 8.63. The molecule has 2 heterocycles. The summed E-state index contributed by atoms with van der Waals surface area (Å²) in [5, 5.41) is 11.2. The molecule has 158 valence electrons. The van der Waals surface area contributed by atoms with E-state index in [1.54, 1.807) is 30.3 Å². The van der Waals surface area contributed by atoms with E-state index >= 15 is 0 Å². The summed E-state index contributed by atoms with van der Waals surface area (Å²) >= 11 is -2.42. The second-order valence-corrected chi connectivity index (χ2v) is 7.12. The number of nitrogens with zero attached hydrogens (tertiary/aromatic N) is 5. The molecule has 0 bridgehead atoms. The molecule has 31 heavy (non-hydrogen) atoms. The van der Waals surface area contributed by atoms with Crippen LogP contribution in [-0.2, 0) is 17.8 Å². The van der Waals surface area contributed by atoms with Gasteiger partial charge in [0.25, 0.3) is 0 Å². The van der Waals surface area contributed by atoms with Crippen LogP contribution in [0.25, 0.3) is 28.2 Å². The van der Waals surface area contributed by atoms with Crippen LogP contribution in [0.2, 0.25) is 0 Å². The average Bonchev–Trinajstić information content (AvgIpc) is 3.24. The van der Waals surface area contributed by atoms with E-state index in [2.05, 4.69) is 25.2 Å². The van der Waals surface area contributed by atoms with Crippen molar-refractivity contribution in [1.29, 1.82) is 0 Å². The van der Waals surface area contributed by atoms with Gasteiger partial charge in [-0.15, -0.1) is 5.10 Å². The lowest BCUT2D eigenvalue weighted by molar-refractivity contribution is 0.501. The summed E-state index contributed by atoms with van der Waals surface area (Å²) in [6.07, 6.45) is 1.52. The van der Waals surface area contributed by atoms with Gasteiger partial charge in [0, 0.05) is 29.6 Å². The molecule has 0 saturated heterocycles. The van der Waals surface area contributed by atoms with Crippen molar-refractivity contribution >= 4 is 17.1 Å². The van der Waals surface area contributed by atoms with E-state index in [1.165, 1.54) is 18.3 Å². The molecule has 3 N–H and O–H groups in total. The second-order valence-electron chi connectivity index (χ2n) is 6.36. The molecule has 2 aromatic carbocycles. The molecule has 0 saturated carbocycles. The fourth-order valence-corrected chi connectivity index (χ4v) is 3.34. The number of halogens is 2. The first kappa shape index (κ1) is 20.7. The van der Waals surface area contributed by atoms with Crippen molar-refractivity contribution in [2.75, 3.05) is 5.73 Å². The van der Waals surface area contributed by atoms with Crippen molar-refractivity contribution in [3.8, 4) is 28.2 Å². The maximum absolute atomic E-state index is 14.3. The number of nitrogen functional groups attached to an aromatic ring is 1. The van der Waals surface area contributed by atoms with Gasteiger partial charge in [0.1, 0.15) is 11.5 Å². The molecule has 9 nitrogen and oxygen atoms in total. The normalized spacial score (nSPS) is 12.1. The van der Waals surface area contributed by atoms with E-state index in [-0.39, 0.29) is 23.9 Å². The van der Waals surface area contributed by atoms with Crippen molar-refractivity contribution in [2.45, 2.75) is 6.54 Å². The minimum Gasteiger partial charge on any atom is -0.760 e. The van der Waals surface area contributed by atoms with Gasteiger partial charge in [-0.3, -0.25) is 4.21 Å². The number of anilines is 1. The zero-order chi connectivity index (χ0) is 22.0. The van der Waals surface area contributed by atoms with Gasteiger partial charge in [0.15, 0.2) is 17.5 Å². The molecule has 0 spiro atoms. The summed E-state index contributed by atoms with van der Waals surface area (Å²) < 4.78 is 53.1. The molecular formula is C19H14F2N7O2S-. The fraction of sp³-hybridized carbons (Fsp3) is 0.0526. The third-order valence-corrected chi connectivity index (χ3v) is 4.88. The third-order valence-electron chi connectivity index (χ3n) is 4.50. The molecule has 1 unspecified atom stereocenters. The highest BCUT2D eigenvalue weighted by Gasteiger charge is 2.19. The number of nitrogens with two attached hydrogens (primary N) is 1. The Morgan fingerprint density at radius 3 is 2.74 bits per heavy atom. The molecular weight excluding hydrogens is 428 g/mol. The molecule has 0 aliphatic rings. The molecule has 0 aliphatic heterocycles. The van der Waals surface area contributed by atoms with Gasteiger partial charge >= 0.3 is 0 Å². The Morgan fingerprint density at radius 2 is 1.94 bits per heavy atom.